The minimum Gasteiger partial charge on any atom is -0.169 e. The Morgan fingerprint density at radius 3 is 2.00 bits per heavy atom. The second-order valence-electron chi connectivity index (χ2n) is 3.14. The highest BCUT2D eigenvalue weighted by atomic mass is 79.9. The van der Waals surface area contributed by atoms with E-state index in [1.54, 1.807) is 0 Å². The van der Waals surface area contributed by atoms with Gasteiger partial charge in [-0.15, -0.1) is 0 Å². The number of halogens is 8. The molecule has 0 aliphatic rings. The maximum absolute atomic E-state index is 12.4. The summed E-state index contributed by atoms with van der Waals surface area (Å²) in [4.78, 5) is -2.23. The van der Waals surface area contributed by atoms with Crippen molar-refractivity contribution >= 4 is 27.5 Å². The zero-order chi connectivity index (χ0) is 13.4. The van der Waals surface area contributed by atoms with Gasteiger partial charge in [-0.25, -0.2) is 0 Å². The van der Waals surface area contributed by atoms with Crippen molar-refractivity contribution in [2.24, 2.45) is 0 Å². The molecule has 0 N–H and O–H groups in total. The highest BCUT2D eigenvalue weighted by Gasteiger charge is 2.41. The van der Waals surface area contributed by atoms with Crippen LogP contribution in [0.4, 0.5) is 26.3 Å². The smallest absolute Gasteiger partial charge is 0.169 e. The number of alkyl halides is 7. The van der Waals surface area contributed by atoms with Crippen LogP contribution >= 0.6 is 27.5 Å². The molecule has 8 heteroatoms. The van der Waals surface area contributed by atoms with Crippen LogP contribution in [0.1, 0.15) is 16.0 Å². The van der Waals surface area contributed by atoms with Crippen LogP contribution in [-0.4, -0.2) is 6.18 Å². The van der Waals surface area contributed by atoms with E-state index in [4.69, 9.17) is 11.6 Å². The van der Waals surface area contributed by atoms with Crippen LogP contribution in [0.25, 0.3) is 0 Å². The van der Waals surface area contributed by atoms with Crippen molar-refractivity contribution in [3.05, 3.63) is 34.3 Å². The van der Waals surface area contributed by atoms with Crippen LogP contribution < -0.4 is 0 Å². The van der Waals surface area contributed by atoms with Crippen molar-refractivity contribution < 1.29 is 26.3 Å². The number of rotatable bonds is 1. The Morgan fingerprint density at radius 2 is 1.59 bits per heavy atom. The minimum absolute atomic E-state index is 0.378. The second kappa shape index (κ2) is 4.68. The first-order valence-electron chi connectivity index (χ1n) is 4.11. The third-order valence-corrected chi connectivity index (χ3v) is 3.24. The number of hydrogen-bond acceptors (Lipinski definition) is 0. The van der Waals surface area contributed by atoms with E-state index in [-0.39, 0.29) is 5.02 Å². The fourth-order valence-corrected chi connectivity index (χ4v) is 1.83. The summed E-state index contributed by atoms with van der Waals surface area (Å²) >= 11 is 7.73. The lowest BCUT2D eigenvalue weighted by Crippen LogP contribution is -2.16. The Balaban J connectivity index is 3.25. The topological polar surface area (TPSA) is 0 Å². The summed E-state index contributed by atoms with van der Waals surface area (Å²) in [6, 6.07) is 1.80. The third-order valence-electron chi connectivity index (χ3n) is 1.88. The predicted octanol–water partition coefficient (Wildman–Crippen LogP) is 5.36. The monoisotopic (exact) mass is 340 g/mol. The lowest BCUT2D eigenvalue weighted by atomic mass is 10.1. The van der Waals surface area contributed by atoms with Gasteiger partial charge >= 0.3 is 12.4 Å². The van der Waals surface area contributed by atoms with E-state index in [1.165, 1.54) is 0 Å². The molecule has 0 saturated carbocycles. The fraction of sp³-hybridized carbons (Fsp3) is 0.333. The molecule has 0 amide bonds. The first-order valence-corrected chi connectivity index (χ1v) is 5.40. The molecule has 1 aromatic carbocycles. The van der Waals surface area contributed by atoms with Crippen LogP contribution in [0.3, 0.4) is 0 Å². The highest BCUT2D eigenvalue weighted by molar-refractivity contribution is 9.09. The van der Waals surface area contributed by atoms with E-state index in [2.05, 4.69) is 15.9 Å². The van der Waals surface area contributed by atoms with E-state index < -0.39 is 28.3 Å². The molecule has 0 aliphatic heterocycles. The largest absolute Gasteiger partial charge is 0.416 e. The van der Waals surface area contributed by atoms with Gasteiger partial charge in [0.25, 0.3) is 0 Å². The summed E-state index contributed by atoms with van der Waals surface area (Å²) in [6.45, 7) is 0. The van der Waals surface area contributed by atoms with Gasteiger partial charge < -0.3 is 0 Å². The molecule has 0 bridgehead atoms. The number of benzene rings is 1. The molecule has 0 nitrogen and oxygen atoms in total. The average molecular weight is 341 g/mol. The third kappa shape index (κ3) is 3.51. The molecule has 0 heterocycles. The van der Waals surface area contributed by atoms with Gasteiger partial charge in [-0.2, -0.15) is 26.3 Å². The predicted molar refractivity (Wildman–Crippen MR) is 54.2 cm³/mol. The Hall–Kier alpha value is -0.430. The second-order valence-corrected chi connectivity index (χ2v) is 4.46. The molecule has 0 radical (unpaired) electrons. The van der Waals surface area contributed by atoms with Crippen molar-refractivity contribution in [2.45, 2.75) is 17.2 Å². The summed E-state index contributed by atoms with van der Waals surface area (Å²) in [6.07, 6.45) is -9.43. The van der Waals surface area contributed by atoms with Crippen LogP contribution in [0, 0.1) is 0 Å². The normalized spacial score (nSPS) is 14.8. The van der Waals surface area contributed by atoms with Gasteiger partial charge in [0.05, 0.1) is 5.56 Å². The van der Waals surface area contributed by atoms with E-state index in [0.717, 1.165) is 6.07 Å². The number of hydrogen-bond donors (Lipinski definition) is 0. The van der Waals surface area contributed by atoms with Crippen molar-refractivity contribution in [1.29, 1.82) is 0 Å². The van der Waals surface area contributed by atoms with Crippen LogP contribution in [0.5, 0.6) is 0 Å². The van der Waals surface area contributed by atoms with Crippen LogP contribution in [0.2, 0.25) is 5.02 Å². The molecule has 0 saturated heterocycles. The van der Waals surface area contributed by atoms with E-state index in [0.29, 0.717) is 12.1 Å². The first-order chi connectivity index (χ1) is 7.53. The van der Waals surface area contributed by atoms with E-state index in [9.17, 15) is 26.3 Å². The Morgan fingerprint density at radius 1 is 1.06 bits per heavy atom. The fourth-order valence-electron chi connectivity index (χ4n) is 1.09. The average Bonchev–Trinajstić information content (AvgIpc) is 2.14. The Labute approximate surface area is 106 Å². The van der Waals surface area contributed by atoms with Gasteiger partial charge in [0.1, 0.15) is 4.83 Å². The molecule has 1 unspecified atom stereocenters. The van der Waals surface area contributed by atoms with Crippen molar-refractivity contribution in [3.8, 4) is 0 Å². The summed E-state index contributed by atoms with van der Waals surface area (Å²) in [5, 5.41) is -0.378. The SMILES string of the molecule is FC(F)(F)c1ccc(Cl)c(C(Br)C(F)(F)F)c1. The molecule has 0 aromatic heterocycles. The Bertz CT molecular complexity index is 411. The van der Waals surface area contributed by atoms with E-state index >= 15 is 0 Å². The molecule has 0 fully saturated rings. The summed E-state index contributed by atoms with van der Waals surface area (Å²) in [7, 11) is 0. The van der Waals surface area contributed by atoms with Gasteiger partial charge in [0.15, 0.2) is 0 Å². The van der Waals surface area contributed by atoms with Crippen molar-refractivity contribution in [3.63, 3.8) is 0 Å². The summed E-state index contributed by atoms with van der Waals surface area (Å²) < 4.78 is 74.0. The van der Waals surface area contributed by atoms with E-state index in [1.807, 2.05) is 0 Å². The molecule has 0 aliphatic carbocycles. The molecule has 1 aromatic rings. The summed E-state index contributed by atoms with van der Waals surface area (Å²) in [5.74, 6) is 0. The lowest BCUT2D eigenvalue weighted by Gasteiger charge is -2.17. The van der Waals surface area contributed by atoms with Gasteiger partial charge in [-0.3, -0.25) is 0 Å². The maximum Gasteiger partial charge on any atom is 0.416 e. The standard InChI is InChI=1S/C9H4BrClF6/c10-7(9(15,16)17)5-3-4(8(12,13)14)1-2-6(5)11/h1-3,7H. The van der Waals surface area contributed by atoms with Crippen molar-refractivity contribution in [1.82, 2.24) is 0 Å². The van der Waals surface area contributed by atoms with Gasteiger partial charge in [-0.05, 0) is 23.8 Å². The minimum atomic E-state index is -4.71. The molecular formula is C9H4BrClF6. The molecule has 17 heavy (non-hydrogen) atoms. The Kier molecular flexibility index (Phi) is 4.03. The molecule has 96 valence electrons. The zero-order valence-electron chi connectivity index (χ0n) is 7.83. The van der Waals surface area contributed by atoms with Gasteiger partial charge in [0.2, 0.25) is 0 Å². The van der Waals surface area contributed by atoms with Crippen LogP contribution in [0.15, 0.2) is 18.2 Å². The lowest BCUT2D eigenvalue weighted by molar-refractivity contribution is -0.138. The highest BCUT2D eigenvalue weighted by Crippen LogP contribution is 2.44. The van der Waals surface area contributed by atoms with Gasteiger partial charge in [0, 0.05) is 5.02 Å². The van der Waals surface area contributed by atoms with Crippen LogP contribution in [-0.2, 0) is 6.18 Å². The zero-order valence-corrected chi connectivity index (χ0v) is 10.2. The maximum atomic E-state index is 12.4. The van der Waals surface area contributed by atoms with Crippen molar-refractivity contribution in [2.75, 3.05) is 0 Å². The molecule has 0 spiro atoms. The molecule has 1 atom stereocenters. The molecule has 1 rings (SSSR count). The quantitative estimate of drug-likeness (QED) is 0.477. The summed E-state index contributed by atoms with van der Waals surface area (Å²) in [5.41, 5.74) is -1.83. The van der Waals surface area contributed by atoms with Gasteiger partial charge in [-0.1, -0.05) is 27.5 Å². The first kappa shape index (κ1) is 14.6. The molecular weight excluding hydrogens is 337 g/mol.